The third-order valence-corrected chi connectivity index (χ3v) is 14.8. The Labute approximate surface area is 480 Å². The van der Waals surface area contributed by atoms with Crippen molar-refractivity contribution in [2.75, 3.05) is 39.1 Å². The van der Waals surface area contributed by atoms with Crippen LogP contribution >= 0.6 is 0 Å². The van der Waals surface area contributed by atoms with Gasteiger partial charge >= 0.3 is 0 Å². The lowest BCUT2D eigenvalue weighted by Crippen LogP contribution is -2.31. The number of benzene rings is 9. The molecule has 0 heterocycles. The molecule has 4 N–H and O–H groups in total. The molecular formula is C70H70N4O8. The maximum atomic E-state index is 14.7. The summed E-state index contributed by atoms with van der Waals surface area (Å²) in [5.74, 6) is 0.456. The summed E-state index contributed by atoms with van der Waals surface area (Å²) < 4.78 is 24.6. The predicted molar refractivity (Wildman–Crippen MR) is 330 cm³/mol. The summed E-state index contributed by atoms with van der Waals surface area (Å²) in [5.41, 5.74) is 7.01. The van der Waals surface area contributed by atoms with Gasteiger partial charge in [-0.25, -0.2) is 0 Å². The smallest absolute Gasteiger partial charge is 0.252 e. The molecule has 9 aromatic rings. The summed E-state index contributed by atoms with van der Waals surface area (Å²) >= 11 is 0. The van der Waals surface area contributed by atoms with Gasteiger partial charge < -0.3 is 40.2 Å². The van der Waals surface area contributed by atoms with Gasteiger partial charge in [-0.2, -0.15) is 0 Å². The van der Waals surface area contributed by atoms with Crippen LogP contribution in [-0.4, -0.2) is 52.1 Å². The van der Waals surface area contributed by atoms with Crippen LogP contribution in [0.4, 0.5) is 11.4 Å². The fourth-order valence-electron chi connectivity index (χ4n) is 10.3. The largest absolute Gasteiger partial charge is 0.496 e. The number of fused-ring (bicyclic) bond motifs is 2. The number of carbonyl (C=O) groups is 4. The Balaban J connectivity index is 1.27. The Morgan fingerprint density at radius 3 is 0.976 bits per heavy atom. The second-order valence-corrected chi connectivity index (χ2v) is 22.5. The molecule has 0 aromatic heterocycles. The summed E-state index contributed by atoms with van der Waals surface area (Å²) in [6, 6.07) is 53.7. The first-order valence-corrected chi connectivity index (χ1v) is 27.3. The first-order valence-electron chi connectivity index (χ1n) is 27.3. The molecule has 9 rings (SSSR count). The van der Waals surface area contributed by atoms with Gasteiger partial charge in [0.05, 0.1) is 63.0 Å². The van der Waals surface area contributed by atoms with E-state index in [0.29, 0.717) is 67.8 Å². The van der Waals surface area contributed by atoms with E-state index in [4.69, 9.17) is 18.9 Å². The minimum atomic E-state index is -0.876. The molecule has 0 fully saturated rings. The van der Waals surface area contributed by atoms with E-state index < -0.39 is 10.8 Å². The minimum Gasteiger partial charge on any atom is -0.496 e. The highest BCUT2D eigenvalue weighted by Crippen LogP contribution is 2.52. The number of methoxy groups -OCH3 is 4. The van der Waals surface area contributed by atoms with Gasteiger partial charge in [-0.15, -0.1) is 0 Å². The molecule has 12 heteroatoms. The average molecular weight is 1100 g/mol. The van der Waals surface area contributed by atoms with Crippen LogP contribution in [-0.2, 0) is 9.59 Å². The molecule has 0 unspecified atom stereocenters. The molecule has 12 nitrogen and oxygen atoms in total. The van der Waals surface area contributed by atoms with E-state index in [1.165, 1.54) is 0 Å². The Bertz CT molecular complexity index is 3580. The van der Waals surface area contributed by atoms with Gasteiger partial charge in [0.2, 0.25) is 11.8 Å². The molecule has 0 aliphatic carbocycles. The van der Waals surface area contributed by atoms with Crippen molar-refractivity contribution in [2.24, 2.45) is 10.8 Å². The lowest BCUT2D eigenvalue weighted by Gasteiger charge is -2.27. The lowest BCUT2D eigenvalue weighted by molar-refractivity contribution is -0.124. The maximum absolute atomic E-state index is 14.7. The average Bonchev–Trinajstić information content (AvgIpc) is 3.66. The van der Waals surface area contributed by atoms with Crippen LogP contribution in [0.15, 0.2) is 170 Å². The Kier molecular flexibility index (Phi) is 16.6. The number of nitrogens with one attached hydrogen (secondary N) is 4. The summed E-state index contributed by atoms with van der Waals surface area (Å²) in [4.78, 5) is 57.4. The third-order valence-electron chi connectivity index (χ3n) is 14.8. The van der Waals surface area contributed by atoms with E-state index >= 15 is 0 Å². The van der Waals surface area contributed by atoms with Crippen molar-refractivity contribution in [3.8, 4) is 67.5 Å². The van der Waals surface area contributed by atoms with Crippen LogP contribution < -0.4 is 40.2 Å². The van der Waals surface area contributed by atoms with Crippen molar-refractivity contribution in [3.63, 3.8) is 0 Å². The predicted octanol–water partition coefficient (Wildman–Crippen LogP) is 15.6. The molecule has 418 valence electrons. The molecule has 82 heavy (non-hydrogen) atoms. The van der Waals surface area contributed by atoms with Gasteiger partial charge in [-0.1, -0.05) is 187 Å². The zero-order chi connectivity index (χ0) is 58.6. The molecular weight excluding hydrogens is 1020 g/mol. The molecule has 4 amide bonds. The Morgan fingerprint density at radius 1 is 0.378 bits per heavy atom. The molecule has 0 aliphatic heterocycles. The molecule has 0 radical (unpaired) electrons. The van der Waals surface area contributed by atoms with Crippen LogP contribution in [0, 0.1) is 10.8 Å². The second kappa shape index (κ2) is 23.7. The number of ether oxygens (including phenoxy) is 4. The third kappa shape index (κ3) is 11.6. The molecule has 0 spiro atoms. The Morgan fingerprint density at radius 2 is 0.683 bits per heavy atom. The number of rotatable bonds is 16. The zero-order valence-electron chi connectivity index (χ0n) is 48.6. The first-order chi connectivity index (χ1) is 39.3. The molecule has 9 aromatic carbocycles. The lowest BCUT2D eigenvalue weighted by atomic mass is 9.86. The highest BCUT2D eigenvalue weighted by molar-refractivity contribution is 6.18. The van der Waals surface area contributed by atoms with Crippen LogP contribution in [0.2, 0.25) is 0 Å². The topological polar surface area (TPSA) is 153 Å². The maximum Gasteiger partial charge on any atom is 0.252 e. The van der Waals surface area contributed by atoms with Crippen molar-refractivity contribution >= 4 is 56.5 Å². The highest BCUT2D eigenvalue weighted by atomic mass is 16.5. The van der Waals surface area contributed by atoms with Crippen molar-refractivity contribution in [2.45, 2.75) is 67.5 Å². The van der Waals surface area contributed by atoms with E-state index in [0.717, 1.165) is 54.9 Å². The number of anilines is 2. The molecule has 0 saturated heterocycles. The van der Waals surface area contributed by atoms with Crippen molar-refractivity contribution < 1.29 is 38.1 Å². The van der Waals surface area contributed by atoms with Crippen LogP contribution in [0.25, 0.3) is 66.1 Å². The molecule has 0 bridgehead atoms. The number of amides is 4. The molecule has 0 aliphatic rings. The van der Waals surface area contributed by atoms with Crippen LogP contribution in [0.1, 0.15) is 99.3 Å². The number of carbonyl (C=O) groups excluding carboxylic acids is 4. The summed E-state index contributed by atoms with van der Waals surface area (Å²) in [7, 11) is 6.26. The zero-order valence-corrected chi connectivity index (χ0v) is 48.6. The fraction of sp³-hybridized carbons (Fsp3) is 0.229. The van der Waals surface area contributed by atoms with Crippen molar-refractivity contribution in [1.29, 1.82) is 0 Å². The van der Waals surface area contributed by atoms with E-state index in [2.05, 4.69) is 21.3 Å². The van der Waals surface area contributed by atoms with Gasteiger partial charge in [0.1, 0.15) is 23.0 Å². The quantitative estimate of drug-likeness (QED) is 0.0746. The van der Waals surface area contributed by atoms with Crippen molar-refractivity contribution in [1.82, 2.24) is 10.6 Å². The first kappa shape index (κ1) is 57.3. The Hall–Kier alpha value is -9.42. The highest BCUT2D eigenvalue weighted by Gasteiger charge is 2.31. The van der Waals surface area contributed by atoms with Gasteiger partial charge in [-0.3, -0.25) is 19.2 Å². The normalized spacial score (nSPS) is 12.2. The number of hydrogen-bond acceptors (Lipinski definition) is 8. The van der Waals surface area contributed by atoms with Gasteiger partial charge in [0.15, 0.2) is 0 Å². The van der Waals surface area contributed by atoms with Gasteiger partial charge in [0, 0.05) is 33.1 Å². The molecule has 0 saturated carbocycles. The van der Waals surface area contributed by atoms with E-state index in [1.807, 2.05) is 201 Å². The SMILES string of the molecule is COc1cc(C(=O)N[C@H](C)c2ccccc2)cc(OC)c1-c1cccc2cccc(-c3ccc(-c4cccc5cccc(-c6c(OC)cc(C(=O)N[C@H](C)c7ccccc7)cc6OC)c45)c(NC(=O)C(C)(C)C)c3NC(=O)C(C)(C)C)c12. The van der Waals surface area contributed by atoms with E-state index in [9.17, 15) is 19.2 Å². The fourth-order valence-corrected chi connectivity index (χ4v) is 10.3. The van der Waals surface area contributed by atoms with Gasteiger partial charge in [-0.05, 0) is 93.0 Å². The monoisotopic (exact) mass is 1090 g/mol. The number of hydrogen-bond donors (Lipinski definition) is 4. The second-order valence-electron chi connectivity index (χ2n) is 22.5. The molecule has 2 atom stereocenters. The van der Waals surface area contributed by atoms with E-state index in [-0.39, 0.29) is 35.7 Å². The summed E-state index contributed by atoms with van der Waals surface area (Å²) in [6.45, 7) is 14.9. The minimum absolute atomic E-state index is 0.272. The summed E-state index contributed by atoms with van der Waals surface area (Å²) in [6.07, 6.45) is 0. The summed E-state index contributed by atoms with van der Waals surface area (Å²) in [5, 5.41) is 16.3. The van der Waals surface area contributed by atoms with E-state index in [1.54, 1.807) is 52.7 Å². The van der Waals surface area contributed by atoms with Crippen LogP contribution in [0.3, 0.4) is 0 Å². The van der Waals surface area contributed by atoms with Crippen molar-refractivity contribution in [3.05, 3.63) is 192 Å². The standard InChI is InChI=1S/C70H70N4O8/c1-41(43-23-15-13-16-24-43)71-65(75)47-37-55(79-9)61(56(38-47)80-10)53-33-21-29-45-27-19-31-49(59(45)53)51-35-36-52(64(74-68(78)70(6,7)8)63(51)73-67(77)69(3,4)5)50-32-20-28-46-30-22-34-54(60(46)50)62-57(81-11)39-48(40-58(62)82-12)66(76)72-42(2)44-25-17-14-18-26-44/h13-42H,1-12H3,(H,71,75)(H,72,76)(H,73,77)(H,74,78)/t41-,42-/m1/s1. The van der Waals surface area contributed by atoms with Gasteiger partial charge in [0.25, 0.3) is 11.8 Å². The van der Waals surface area contributed by atoms with Crippen LogP contribution in [0.5, 0.6) is 23.0 Å².